The largest absolute Gasteiger partial charge is 0.485 e. The van der Waals surface area contributed by atoms with Gasteiger partial charge in [-0.3, -0.25) is 4.79 Å². The molecule has 8 heteroatoms. The lowest BCUT2D eigenvalue weighted by molar-refractivity contribution is -0.130. The van der Waals surface area contributed by atoms with Crippen LogP contribution in [0.3, 0.4) is 0 Å². The third-order valence-electron chi connectivity index (χ3n) is 5.14. The smallest absolute Gasteiger partial charge is 0.284 e. The van der Waals surface area contributed by atoms with E-state index in [0.29, 0.717) is 11.5 Å². The normalized spacial score (nSPS) is 18.5. The van der Waals surface area contributed by atoms with Gasteiger partial charge in [-0.1, -0.05) is 36.0 Å². The van der Waals surface area contributed by atoms with E-state index in [1.165, 1.54) is 9.61 Å². The summed E-state index contributed by atoms with van der Waals surface area (Å²) in [5.74, 6) is 0.906. The maximum atomic E-state index is 12.5. The van der Waals surface area contributed by atoms with E-state index in [0.717, 1.165) is 41.1 Å². The molecule has 0 radical (unpaired) electrons. The van der Waals surface area contributed by atoms with Gasteiger partial charge in [0.2, 0.25) is 6.10 Å². The van der Waals surface area contributed by atoms with Gasteiger partial charge >= 0.3 is 0 Å². The van der Waals surface area contributed by atoms with Crippen LogP contribution in [-0.2, 0) is 4.79 Å². The van der Waals surface area contributed by atoms with Crippen LogP contribution in [0.4, 0.5) is 0 Å². The molecule has 1 unspecified atom stereocenters. The van der Waals surface area contributed by atoms with Crippen molar-refractivity contribution in [2.24, 2.45) is 5.10 Å². The van der Waals surface area contributed by atoms with Crippen molar-refractivity contribution in [3.8, 4) is 11.5 Å². The van der Waals surface area contributed by atoms with Crippen LogP contribution >= 0.6 is 23.1 Å². The van der Waals surface area contributed by atoms with Crippen LogP contribution in [0.15, 0.2) is 68.5 Å². The number of hydrogen-bond donors (Lipinski definition) is 1. The van der Waals surface area contributed by atoms with E-state index in [2.05, 4.69) is 16.6 Å². The zero-order valence-corrected chi connectivity index (χ0v) is 18.4. The van der Waals surface area contributed by atoms with Gasteiger partial charge in [-0.05, 0) is 60.4 Å². The molecular formula is C23H21N3O3S2. The minimum Gasteiger partial charge on any atom is -0.485 e. The van der Waals surface area contributed by atoms with Gasteiger partial charge in [-0.25, -0.2) is 10.4 Å². The number of amides is 1. The Hall–Kier alpha value is -2.84. The molecule has 0 saturated carbocycles. The second-order valence-electron chi connectivity index (χ2n) is 7.30. The number of benzene rings is 2. The topological polar surface area (TPSA) is 72.8 Å². The number of thiazole rings is 1. The van der Waals surface area contributed by atoms with Crippen LogP contribution in [0, 0.1) is 0 Å². The molecule has 0 spiro atoms. The Labute approximate surface area is 188 Å². The number of thioether (sulfide) groups is 1. The third-order valence-corrected chi connectivity index (χ3v) is 7.45. The summed E-state index contributed by atoms with van der Waals surface area (Å²) in [5.41, 5.74) is 4.79. The Kier molecular flexibility index (Phi) is 5.90. The zero-order chi connectivity index (χ0) is 21.0. The van der Waals surface area contributed by atoms with Crippen LogP contribution in [0.5, 0.6) is 11.5 Å². The van der Waals surface area contributed by atoms with Crippen LogP contribution < -0.4 is 14.9 Å². The summed E-state index contributed by atoms with van der Waals surface area (Å²) >= 11 is 3.42. The van der Waals surface area contributed by atoms with E-state index >= 15 is 0 Å². The fourth-order valence-corrected chi connectivity index (χ4v) is 5.87. The van der Waals surface area contributed by atoms with Gasteiger partial charge in [0.25, 0.3) is 5.91 Å². The number of para-hydroxylation sites is 3. The molecule has 0 saturated heterocycles. The molecule has 1 atom stereocenters. The maximum Gasteiger partial charge on any atom is 0.284 e. The number of fused-ring (bicyclic) bond motifs is 2. The van der Waals surface area contributed by atoms with E-state index in [1.807, 2.05) is 36.4 Å². The molecule has 0 fully saturated rings. The van der Waals surface area contributed by atoms with Gasteiger partial charge in [0, 0.05) is 0 Å². The predicted molar refractivity (Wildman–Crippen MR) is 124 cm³/mol. The maximum absolute atomic E-state index is 12.5. The molecule has 0 bridgehead atoms. The summed E-state index contributed by atoms with van der Waals surface area (Å²) in [7, 11) is 0. The van der Waals surface area contributed by atoms with Crippen molar-refractivity contribution >= 4 is 45.4 Å². The highest BCUT2D eigenvalue weighted by atomic mass is 32.2. The van der Waals surface area contributed by atoms with Crippen molar-refractivity contribution in [1.82, 2.24) is 10.4 Å². The molecule has 1 aromatic heterocycles. The average Bonchev–Trinajstić information content (AvgIpc) is 3.22. The van der Waals surface area contributed by atoms with Gasteiger partial charge in [0.1, 0.15) is 6.61 Å². The highest BCUT2D eigenvalue weighted by molar-refractivity contribution is 8.04. The Bertz CT molecular complexity index is 1140. The Morgan fingerprint density at radius 1 is 1.13 bits per heavy atom. The van der Waals surface area contributed by atoms with Gasteiger partial charge in [0.05, 0.1) is 16.4 Å². The number of nitrogens with one attached hydrogen (secondary N) is 1. The number of hydrogen-bond acceptors (Lipinski definition) is 7. The van der Waals surface area contributed by atoms with E-state index in [-0.39, 0.29) is 12.5 Å². The first-order valence-corrected chi connectivity index (χ1v) is 11.9. The predicted octanol–water partition coefficient (Wildman–Crippen LogP) is 5.16. The quantitative estimate of drug-likeness (QED) is 0.429. The lowest BCUT2D eigenvalue weighted by Crippen LogP contribution is -2.42. The standard InChI is InChI=1S/C23H21N3O3S2/c27-22(19-14-28-17-9-3-4-10-18(17)29-19)26-24-13-15-7-1-5-11-20(15)30-23-25-16-8-2-6-12-21(16)31-23/h2-4,6,8-10,12-13,19H,1,5,7,11,14H2,(H,26,27). The number of aromatic nitrogens is 1. The molecule has 2 aliphatic rings. The number of carbonyl (C=O) groups excluding carboxylic acids is 1. The lowest BCUT2D eigenvalue weighted by Gasteiger charge is -2.24. The molecule has 158 valence electrons. The minimum atomic E-state index is -0.719. The van der Waals surface area contributed by atoms with Crippen molar-refractivity contribution in [3.05, 3.63) is 59.0 Å². The molecule has 31 heavy (non-hydrogen) atoms. The third kappa shape index (κ3) is 4.60. The van der Waals surface area contributed by atoms with Crippen molar-refractivity contribution in [3.63, 3.8) is 0 Å². The Morgan fingerprint density at radius 3 is 2.84 bits per heavy atom. The zero-order valence-electron chi connectivity index (χ0n) is 16.7. The van der Waals surface area contributed by atoms with Crippen LogP contribution in [0.25, 0.3) is 10.2 Å². The number of carbonyl (C=O) groups is 1. The first kappa shape index (κ1) is 20.1. The second-order valence-corrected chi connectivity index (χ2v) is 9.68. The molecule has 2 aromatic carbocycles. The van der Waals surface area contributed by atoms with Crippen LogP contribution in [-0.4, -0.2) is 29.8 Å². The number of nitrogens with zero attached hydrogens (tertiary/aromatic N) is 2. The van der Waals surface area contributed by atoms with E-state index in [4.69, 9.17) is 14.5 Å². The van der Waals surface area contributed by atoms with Gasteiger partial charge in [-0.2, -0.15) is 5.10 Å². The fourth-order valence-electron chi connectivity index (χ4n) is 3.55. The fraction of sp³-hybridized carbons (Fsp3) is 0.261. The summed E-state index contributed by atoms with van der Waals surface area (Å²) in [6.07, 6.45) is 5.28. The second kappa shape index (κ2) is 9.11. The first-order valence-electron chi connectivity index (χ1n) is 10.2. The molecule has 3 aromatic rings. The van der Waals surface area contributed by atoms with Crippen molar-refractivity contribution < 1.29 is 14.3 Å². The number of rotatable bonds is 5. The molecule has 6 nitrogen and oxygen atoms in total. The summed E-state index contributed by atoms with van der Waals surface area (Å²) in [6, 6.07) is 15.5. The SMILES string of the molecule is O=C(NN=CC1=C(Sc2nc3ccccc3s2)CCCC1)C1COc2ccccc2O1. The molecule has 5 rings (SSSR count). The average molecular weight is 452 g/mol. The van der Waals surface area contributed by atoms with Crippen LogP contribution in [0.1, 0.15) is 25.7 Å². The number of allylic oxidation sites excluding steroid dienone is 2. The number of hydrazone groups is 1. The molecule has 1 aliphatic carbocycles. The molecule has 1 amide bonds. The summed E-state index contributed by atoms with van der Waals surface area (Å²) < 4.78 is 13.6. The van der Waals surface area contributed by atoms with Crippen molar-refractivity contribution in [2.45, 2.75) is 36.1 Å². The molecule has 2 heterocycles. The van der Waals surface area contributed by atoms with E-state index < -0.39 is 6.10 Å². The monoisotopic (exact) mass is 451 g/mol. The Balaban J connectivity index is 1.25. The van der Waals surface area contributed by atoms with E-state index in [9.17, 15) is 4.79 Å². The summed E-state index contributed by atoms with van der Waals surface area (Å²) in [4.78, 5) is 18.5. The van der Waals surface area contributed by atoms with Gasteiger partial charge in [-0.15, -0.1) is 11.3 Å². The van der Waals surface area contributed by atoms with Crippen LogP contribution in [0.2, 0.25) is 0 Å². The Morgan fingerprint density at radius 2 is 1.94 bits per heavy atom. The van der Waals surface area contributed by atoms with E-state index in [1.54, 1.807) is 35.4 Å². The number of ether oxygens (including phenoxy) is 2. The molecular weight excluding hydrogens is 430 g/mol. The molecule has 1 N–H and O–H groups in total. The van der Waals surface area contributed by atoms with Gasteiger partial charge in [0.15, 0.2) is 15.8 Å². The summed E-state index contributed by atoms with van der Waals surface area (Å²) in [5, 5.41) is 4.21. The van der Waals surface area contributed by atoms with Crippen molar-refractivity contribution in [1.29, 1.82) is 0 Å². The highest BCUT2D eigenvalue weighted by Gasteiger charge is 2.27. The molecule has 1 aliphatic heterocycles. The van der Waals surface area contributed by atoms with Crippen molar-refractivity contribution in [2.75, 3.05) is 6.61 Å². The summed E-state index contributed by atoms with van der Waals surface area (Å²) in [6.45, 7) is 0.166. The lowest BCUT2D eigenvalue weighted by atomic mass is 10.0. The highest BCUT2D eigenvalue weighted by Crippen LogP contribution is 2.40. The minimum absolute atomic E-state index is 0.166. The first-order chi connectivity index (χ1) is 15.3. The van der Waals surface area contributed by atoms with Gasteiger partial charge < -0.3 is 9.47 Å².